The Balaban J connectivity index is 1.61. The van der Waals surface area contributed by atoms with Gasteiger partial charge in [-0.15, -0.1) is 0 Å². The van der Waals surface area contributed by atoms with Crippen LogP contribution in [0.2, 0.25) is 0 Å². The monoisotopic (exact) mass is 468 g/mol. The minimum atomic E-state index is -1.04. The number of rotatable bonds is 7. The van der Waals surface area contributed by atoms with Gasteiger partial charge in [0.25, 0.3) is 0 Å². The molecule has 1 saturated heterocycles. The fourth-order valence-electron chi connectivity index (χ4n) is 4.44. The highest BCUT2D eigenvalue weighted by atomic mass is 16.3. The Hall–Kier alpha value is -3.43. The van der Waals surface area contributed by atoms with Crippen molar-refractivity contribution in [1.82, 2.24) is 4.90 Å². The standard InChI is InChI=1S/C30H32N2O3/c33-23-28(34)22-32(27-12-6-2-7-13-27)30(35)17-15-24-14-16-29(25-10-4-1-5-11-25)26(20-24)21-31-18-8-3-9-19-31/h1-2,4-7,10-14,16,20,28,33-34H,3,8-9,18-19,21-23H2. The summed E-state index contributed by atoms with van der Waals surface area (Å²) in [6.07, 6.45) is 2.70. The van der Waals surface area contributed by atoms with Crippen molar-refractivity contribution in [2.24, 2.45) is 0 Å². The van der Waals surface area contributed by atoms with Crippen molar-refractivity contribution >= 4 is 11.6 Å². The molecule has 1 aliphatic heterocycles. The van der Waals surface area contributed by atoms with Crippen LogP contribution < -0.4 is 4.90 Å². The average Bonchev–Trinajstić information content (AvgIpc) is 2.92. The first-order valence-electron chi connectivity index (χ1n) is 12.2. The van der Waals surface area contributed by atoms with E-state index in [1.54, 1.807) is 12.1 Å². The van der Waals surface area contributed by atoms with Crippen LogP contribution in [-0.4, -0.2) is 53.4 Å². The van der Waals surface area contributed by atoms with Gasteiger partial charge < -0.3 is 10.2 Å². The summed E-state index contributed by atoms with van der Waals surface area (Å²) in [7, 11) is 0. The number of para-hydroxylation sites is 1. The van der Waals surface area contributed by atoms with E-state index in [1.165, 1.54) is 40.9 Å². The zero-order valence-electron chi connectivity index (χ0n) is 19.9. The molecule has 3 aromatic carbocycles. The quantitative estimate of drug-likeness (QED) is 0.513. The Morgan fingerprint density at radius 2 is 1.63 bits per heavy atom. The van der Waals surface area contributed by atoms with Crippen molar-refractivity contribution in [2.75, 3.05) is 31.1 Å². The number of anilines is 1. The third-order valence-electron chi connectivity index (χ3n) is 6.26. The number of benzene rings is 3. The van der Waals surface area contributed by atoms with Gasteiger partial charge in [-0.1, -0.05) is 66.9 Å². The van der Waals surface area contributed by atoms with Crippen LogP contribution in [0, 0.1) is 11.8 Å². The molecule has 1 unspecified atom stereocenters. The Labute approximate surface area is 207 Å². The van der Waals surface area contributed by atoms with E-state index < -0.39 is 18.6 Å². The van der Waals surface area contributed by atoms with Crippen molar-refractivity contribution in [2.45, 2.75) is 31.9 Å². The molecule has 180 valence electrons. The summed E-state index contributed by atoms with van der Waals surface area (Å²) in [4.78, 5) is 16.9. The molecular weight excluding hydrogens is 436 g/mol. The minimum Gasteiger partial charge on any atom is -0.394 e. The number of carbonyl (C=O) groups excluding carboxylic acids is 1. The lowest BCUT2D eigenvalue weighted by Gasteiger charge is -2.27. The lowest BCUT2D eigenvalue weighted by atomic mass is 9.96. The third-order valence-corrected chi connectivity index (χ3v) is 6.26. The number of carbonyl (C=O) groups is 1. The zero-order chi connectivity index (χ0) is 24.5. The maximum absolute atomic E-state index is 13.0. The second kappa shape index (κ2) is 12.3. The highest BCUT2D eigenvalue weighted by molar-refractivity contribution is 6.06. The number of amides is 1. The number of piperidine rings is 1. The van der Waals surface area contributed by atoms with Gasteiger partial charge in [0.2, 0.25) is 0 Å². The Bertz CT molecular complexity index is 1160. The molecular formula is C30H32N2O3. The molecule has 35 heavy (non-hydrogen) atoms. The van der Waals surface area contributed by atoms with E-state index in [-0.39, 0.29) is 6.54 Å². The largest absolute Gasteiger partial charge is 0.394 e. The fourth-order valence-corrected chi connectivity index (χ4v) is 4.44. The molecule has 0 bridgehead atoms. The molecule has 1 atom stereocenters. The number of nitrogens with zero attached hydrogens (tertiary/aromatic N) is 2. The van der Waals surface area contributed by atoms with Crippen molar-refractivity contribution in [3.8, 4) is 23.0 Å². The lowest BCUT2D eigenvalue weighted by Crippen LogP contribution is -2.38. The normalized spacial score (nSPS) is 14.6. The van der Waals surface area contributed by atoms with E-state index in [1.807, 2.05) is 42.5 Å². The summed E-state index contributed by atoms with van der Waals surface area (Å²) in [6, 6.07) is 25.6. The molecule has 0 radical (unpaired) electrons. The van der Waals surface area contributed by atoms with Gasteiger partial charge in [0, 0.05) is 23.7 Å². The molecule has 0 saturated carbocycles. The van der Waals surface area contributed by atoms with Crippen LogP contribution in [0.25, 0.3) is 11.1 Å². The average molecular weight is 469 g/mol. The van der Waals surface area contributed by atoms with E-state index in [2.05, 4.69) is 41.0 Å². The van der Waals surface area contributed by atoms with Crippen LogP contribution in [-0.2, 0) is 11.3 Å². The number of likely N-dealkylation sites (tertiary alicyclic amines) is 1. The molecule has 1 heterocycles. The van der Waals surface area contributed by atoms with Gasteiger partial charge in [-0.25, -0.2) is 0 Å². The van der Waals surface area contributed by atoms with Gasteiger partial charge in [0.1, 0.15) is 0 Å². The number of aliphatic hydroxyl groups excluding tert-OH is 2. The van der Waals surface area contributed by atoms with Crippen molar-refractivity contribution in [3.63, 3.8) is 0 Å². The predicted octanol–water partition coefficient (Wildman–Crippen LogP) is 4.08. The molecule has 0 spiro atoms. The first-order chi connectivity index (χ1) is 17.1. The van der Waals surface area contributed by atoms with Crippen LogP contribution in [0.15, 0.2) is 78.9 Å². The zero-order valence-corrected chi connectivity index (χ0v) is 19.9. The second-order valence-electron chi connectivity index (χ2n) is 8.91. The van der Waals surface area contributed by atoms with Crippen LogP contribution in [0.4, 0.5) is 5.69 Å². The van der Waals surface area contributed by atoms with Gasteiger partial charge in [-0.05, 0) is 66.9 Å². The second-order valence-corrected chi connectivity index (χ2v) is 8.91. The van der Waals surface area contributed by atoms with Crippen molar-refractivity contribution in [1.29, 1.82) is 0 Å². The number of hydrogen-bond donors (Lipinski definition) is 2. The van der Waals surface area contributed by atoms with Gasteiger partial charge in [0.15, 0.2) is 0 Å². The Morgan fingerprint density at radius 1 is 0.943 bits per heavy atom. The van der Waals surface area contributed by atoms with Gasteiger partial charge >= 0.3 is 5.91 Å². The van der Waals surface area contributed by atoms with E-state index in [0.717, 1.165) is 25.2 Å². The van der Waals surface area contributed by atoms with Crippen LogP contribution in [0.1, 0.15) is 30.4 Å². The molecule has 5 nitrogen and oxygen atoms in total. The molecule has 4 rings (SSSR count). The predicted molar refractivity (Wildman–Crippen MR) is 140 cm³/mol. The Morgan fingerprint density at radius 3 is 2.31 bits per heavy atom. The summed E-state index contributed by atoms with van der Waals surface area (Å²) >= 11 is 0. The molecule has 2 N–H and O–H groups in total. The third kappa shape index (κ3) is 6.80. The molecule has 1 fully saturated rings. The summed E-state index contributed by atoms with van der Waals surface area (Å²) < 4.78 is 0. The van der Waals surface area contributed by atoms with E-state index >= 15 is 0 Å². The first kappa shape index (κ1) is 24.7. The van der Waals surface area contributed by atoms with Crippen molar-refractivity contribution < 1.29 is 15.0 Å². The summed E-state index contributed by atoms with van der Waals surface area (Å²) in [5.74, 6) is 5.36. The fraction of sp³-hybridized carbons (Fsp3) is 0.300. The van der Waals surface area contributed by atoms with E-state index in [9.17, 15) is 15.0 Å². The minimum absolute atomic E-state index is 0.0266. The van der Waals surface area contributed by atoms with Crippen LogP contribution >= 0.6 is 0 Å². The summed E-state index contributed by atoms with van der Waals surface area (Å²) in [6.45, 7) is 2.60. The molecule has 0 aromatic heterocycles. The first-order valence-corrected chi connectivity index (χ1v) is 12.2. The maximum Gasteiger partial charge on any atom is 0.303 e. The summed E-state index contributed by atoms with van der Waals surface area (Å²) in [5.41, 5.74) is 4.96. The molecule has 1 amide bonds. The van der Waals surface area contributed by atoms with Gasteiger partial charge in [0.05, 0.1) is 19.3 Å². The topological polar surface area (TPSA) is 64.0 Å². The maximum atomic E-state index is 13.0. The number of hydrogen-bond acceptors (Lipinski definition) is 4. The lowest BCUT2D eigenvalue weighted by molar-refractivity contribution is -0.113. The summed E-state index contributed by atoms with van der Waals surface area (Å²) in [5, 5.41) is 19.2. The molecule has 0 aliphatic carbocycles. The molecule has 5 heteroatoms. The van der Waals surface area contributed by atoms with Gasteiger partial charge in [-0.2, -0.15) is 0 Å². The highest BCUT2D eigenvalue weighted by Gasteiger charge is 2.18. The smallest absolute Gasteiger partial charge is 0.303 e. The van der Waals surface area contributed by atoms with Crippen LogP contribution in [0.3, 0.4) is 0 Å². The SMILES string of the molecule is O=C(C#Cc1ccc(-c2ccccc2)c(CN2CCCCC2)c1)N(CC(O)CO)c1ccccc1. The van der Waals surface area contributed by atoms with Crippen molar-refractivity contribution in [3.05, 3.63) is 90.0 Å². The van der Waals surface area contributed by atoms with Crippen LogP contribution in [0.5, 0.6) is 0 Å². The van der Waals surface area contributed by atoms with E-state index in [4.69, 9.17) is 0 Å². The molecule has 1 aliphatic rings. The number of aliphatic hydroxyl groups is 2. The Kier molecular flexibility index (Phi) is 8.69. The van der Waals surface area contributed by atoms with Gasteiger partial charge in [-0.3, -0.25) is 14.6 Å². The highest BCUT2D eigenvalue weighted by Crippen LogP contribution is 2.27. The molecule has 3 aromatic rings. The van der Waals surface area contributed by atoms with E-state index in [0.29, 0.717) is 5.69 Å².